The van der Waals surface area contributed by atoms with E-state index in [1.807, 2.05) is 4.90 Å². The Hall–Kier alpha value is -1.14. The third kappa shape index (κ3) is 4.67. The molecule has 3 atom stereocenters. The summed E-state index contributed by atoms with van der Waals surface area (Å²) in [5, 5.41) is 3.97. The van der Waals surface area contributed by atoms with Crippen LogP contribution in [0, 0.1) is 18.8 Å². The number of carbonyl (C=O) groups is 1. The van der Waals surface area contributed by atoms with Gasteiger partial charge in [-0.1, -0.05) is 11.6 Å². The third-order valence-corrected chi connectivity index (χ3v) is 5.07. The summed E-state index contributed by atoms with van der Waals surface area (Å²) in [6.45, 7) is 3.50. The number of hydrogen-bond donors (Lipinski definition) is 1. The van der Waals surface area contributed by atoms with Gasteiger partial charge in [0, 0.05) is 38.9 Å². The molecule has 0 spiro atoms. The van der Waals surface area contributed by atoms with E-state index in [0.717, 1.165) is 51.0 Å². The first-order chi connectivity index (χ1) is 10.6. The van der Waals surface area contributed by atoms with Crippen LogP contribution in [0.5, 0.6) is 0 Å². The number of piperidine rings is 1. The van der Waals surface area contributed by atoms with Crippen molar-refractivity contribution in [2.24, 2.45) is 17.6 Å². The Labute approximate surface area is 143 Å². The van der Waals surface area contributed by atoms with Crippen LogP contribution in [0.1, 0.15) is 50.2 Å². The lowest BCUT2D eigenvalue weighted by molar-refractivity contribution is -0.134. The van der Waals surface area contributed by atoms with Gasteiger partial charge in [0.2, 0.25) is 11.8 Å². The molecule has 1 unspecified atom stereocenters. The highest BCUT2D eigenvalue weighted by atomic mass is 35.5. The van der Waals surface area contributed by atoms with E-state index in [1.165, 1.54) is 6.42 Å². The second-order valence-electron chi connectivity index (χ2n) is 6.84. The zero-order valence-electron chi connectivity index (χ0n) is 13.7. The fourth-order valence-electron chi connectivity index (χ4n) is 3.81. The van der Waals surface area contributed by atoms with Crippen molar-refractivity contribution in [3.8, 4) is 0 Å². The van der Waals surface area contributed by atoms with Gasteiger partial charge in [-0.3, -0.25) is 4.79 Å². The van der Waals surface area contributed by atoms with Crippen molar-refractivity contribution in [1.82, 2.24) is 15.0 Å². The summed E-state index contributed by atoms with van der Waals surface area (Å²) in [6, 6.07) is 0.215. The van der Waals surface area contributed by atoms with Gasteiger partial charge in [0.1, 0.15) is 0 Å². The smallest absolute Gasteiger partial charge is 0.223 e. The Balaban J connectivity index is 0.00000192. The number of aryl methyl sites for hydroxylation is 1. The van der Waals surface area contributed by atoms with Gasteiger partial charge in [0.25, 0.3) is 0 Å². The lowest BCUT2D eigenvalue weighted by Gasteiger charge is -2.33. The van der Waals surface area contributed by atoms with Gasteiger partial charge in [-0.05, 0) is 37.5 Å². The molecular weight excluding hydrogens is 316 g/mol. The zero-order chi connectivity index (χ0) is 15.5. The number of nitrogens with zero attached hydrogens (tertiary/aromatic N) is 3. The van der Waals surface area contributed by atoms with Gasteiger partial charge < -0.3 is 15.2 Å². The average Bonchev–Trinajstić information content (AvgIpc) is 3.08. The van der Waals surface area contributed by atoms with Gasteiger partial charge in [0.15, 0.2) is 5.82 Å². The highest BCUT2D eigenvalue weighted by molar-refractivity contribution is 5.85. The number of halogens is 1. The van der Waals surface area contributed by atoms with Gasteiger partial charge in [-0.25, -0.2) is 0 Å². The second-order valence-corrected chi connectivity index (χ2v) is 6.84. The van der Waals surface area contributed by atoms with Crippen LogP contribution >= 0.6 is 12.4 Å². The topological polar surface area (TPSA) is 85.2 Å². The van der Waals surface area contributed by atoms with E-state index in [-0.39, 0.29) is 24.4 Å². The number of likely N-dealkylation sites (tertiary alicyclic amines) is 1. The first-order valence-corrected chi connectivity index (χ1v) is 8.44. The van der Waals surface area contributed by atoms with E-state index >= 15 is 0 Å². The number of carbonyl (C=O) groups excluding carboxylic acids is 1. The van der Waals surface area contributed by atoms with E-state index in [1.54, 1.807) is 6.92 Å². The molecule has 23 heavy (non-hydrogen) atoms. The summed E-state index contributed by atoms with van der Waals surface area (Å²) in [4.78, 5) is 18.8. The first kappa shape index (κ1) is 18.2. The molecule has 1 aliphatic heterocycles. The number of hydrogen-bond acceptors (Lipinski definition) is 5. The molecule has 1 aromatic rings. The monoisotopic (exact) mass is 342 g/mol. The Morgan fingerprint density at radius 2 is 2.17 bits per heavy atom. The third-order valence-electron chi connectivity index (χ3n) is 5.07. The summed E-state index contributed by atoms with van der Waals surface area (Å²) < 4.78 is 5.03. The molecule has 1 aliphatic carbocycles. The Kier molecular flexibility index (Phi) is 6.41. The van der Waals surface area contributed by atoms with Crippen molar-refractivity contribution in [3.63, 3.8) is 0 Å². The SMILES string of the molecule is Cc1nc(CC2CCCN(C(=O)C[C@@H]3CCC[C@H]3N)C2)no1.Cl. The summed E-state index contributed by atoms with van der Waals surface area (Å²) in [5.74, 6) is 2.46. The second kappa shape index (κ2) is 8.11. The van der Waals surface area contributed by atoms with Crippen molar-refractivity contribution in [1.29, 1.82) is 0 Å². The van der Waals surface area contributed by atoms with Crippen LogP contribution < -0.4 is 5.73 Å². The van der Waals surface area contributed by atoms with E-state index in [2.05, 4.69) is 10.1 Å². The fraction of sp³-hybridized carbons (Fsp3) is 0.812. The Bertz CT molecular complexity index is 522. The quantitative estimate of drug-likeness (QED) is 0.905. The molecule has 2 heterocycles. The molecule has 1 amide bonds. The molecule has 0 radical (unpaired) electrons. The molecule has 130 valence electrons. The predicted molar refractivity (Wildman–Crippen MR) is 89.2 cm³/mol. The standard InChI is InChI=1S/C16H26N4O2.ClH/c1-11-18-15(19-22-11)8-12-4-3-7-20(10-12)16(21)9-13-5-2-6-14(13)17;/h12-14H,2-10,17H2,1H3;1H/t12?,13-,14+;/m0./s1. The van der Waals surface area contributed by atoms with Gasteiger partial charge in [-0.15, -0.1) is 12.4 Å². The Morgan fingerprint density at radius 3 is 2.83 bits per heavy atom. The maximum Gasteiger partial charge on any atom is 0.223 e. The van der Waals surface area contributed by atoms with E-state index in [4.69, 9.17) is 10.3 Å². The molecule has 2 aliphatic rings. The molecule has 6 nitrogen and oxygen atoms in total. The molecule has 1 saturated heterocycles. The lowest BCUT2D eigenvalue weighted by Crippen LogP contribution is -2.42. The van der Waals surface area contributed by atoms with Crippen molar-refractivity contribution in [2.45, 2.75) is 57.9 Å². The molecule has 1 saturated carbocycles. The minimum absolute atomic E-state index is 0. The van der Waals surface area contributed by atoms with Gasteiger partial charge in [0.05, 0.1) is 0 Å². The summed E-state index contributed by atoms with van der Waals surface area (Å²) in [6.07, 6.45) is 6.94. The number of rotatable bonds is 4. The lowest BCUT2D eigenvalue weighted by atomic mass is 9.93. The molecule has 1 aromatic heterocycles. The molecule has 7 heteroatoms. The molecule has 2 N–H and O–H groups in total. The molecule has 0 bridgehead atoms. The summed E-state index contributed by atoms with van der Waals surface area (Å²) >= 11 is 0. The minimum Gasteiger partial charge on any atom is -0.342 e. The van der Waals surface area contributed by atoms with Crippen molar-refractivity contribution < 1.29 is 9.32 Å². The van der Waals surface area contributed by atoms with Crippen LogP contribution in [-0.4, -0.2) is 40.1 Å². The van der Waals surface area contributed by atoms with E-state index in [9.17, 15) is 4.79 Å². The molecular formula is C16H27ClN4O2. The van der Waals surface area contributed by atoms with Crippen LogP contribution in [0.4, 0.5) is 0 Å². The maximum absolute atomic E-state index is 12.5. The highest BCUT2D eigenvalue weighted by Gasteiger charge is 2.30. The number of nitrogens with two attached hydrogens (primary N) is 1. The number of amides is 1. The molecule has 3 rings (SSSR count). The summed E-state index contributed by atoms with van der Waals surface area (Å²) in [7, 11) is 0. The van der Waals surface area contributed by atoms with Crippen molar-refractivity contribution in [2.75, 3.05) is 13.1 Å². The summed E-state index contributed by atoms with van der Waals surface area (Å²) in [5.41, 5.74) is 6.09. The van der Waals surface area contributed by atoms with Gasteiger partial charge >= 0.3 is 0 Å². The number of aromatic nitrogens is 2. The molecule has 0 aromatic carbocycles. The highest BCUT2D eigenvalue weighted by Crippen LogP contribution is 2.28. The fourth-order valence-corrected chi connectivity index (χ4v) is 3.81. The van der Waals surface area contributed by atoms with Gasteiger partial charge in [-0.2, -0.15) is 4.98 Å². The van der Waals surface area contributed by atoms with E-state index < -0.39 is 0 Å². The minimum atomic E-state index is 0. The Morgan fingerprint density at radius 1 is 1.35 bits per heavy atom. The van der Waals surface area contributed by atoms with Crippen LogP contribution in [0.25, 0.3) is 0 Å². The maximum atomic E-state index is 12.5. The zero-order valence-corrected chi connectivity index (χ0v) is 14.6. The largest absolute Gasteiger partial charge is 0.342 e. The van der Waals surface area contributed by atoms with Crippen molar-refractivity contribution in [3.05, 3.63) is 11.7 Å². The van der Waals surface area contributed by atoms with E-state index in [0.29, 0.717) is 24.1 Å². The van der Waals surface area contributed by atoms with Crippen LogP contribution in [-0.2, 0) is 11.2 Å². The first-order valence-electron chi connectivity index (χ1n) is 8.44. The normalized spacial score (nSPS) is 27.7. The van der Waals surface area contributed by atoms with Crippen LogP contribution in [0.2, 0.25) is 0 Å². The van der Waals surface area contributed by atoms with Crippen LogP contribution in [0.15, 0.2) is 4.52 Å². The van der Waals surface area contributed by atoms with Crippen molar-refractivity contribution >= 4 is 18.3 Å². The van der Waals surface area contributed by atoms with Crippen LogP contribution in [0.3, 0.4) is 0 Å². The predicted octanol–water partition coefficient (Wildman–Crippen LogP) is 2.10. The average molecular weight is 343 g/mol. The molecule has 2 fully saturated rings.